The average molecular weight is 255 g/mol. The molecule has 2 aromatic rings. The highest BCUT2D eigenvalue weighted by atomic mass is 19.2. The summed E-state index contributed by atoms with van der Waals surface area (Å²) in [5.41, 5.74) is 5.31. The zero-order valence-electron chi connectivity index (χ0n) is 9.01. The molecule has 0 atom stereocenters. The Morgan fingerprint density at radius 1 is 1.22 bits per heavy atom. The van der Waals surface area contributed by atoms with E-state index in [1.54, 1.807) is 0 Å². The lowest BCUT2D eigenvalue weighted by molar-refractivity contribution is 0.0999. The summed E-state index contributed by atoms with van der Waals surface area (Å²) in [5, 5.41) is 6.06. The molecule has 4 nitrogen and oxygen atoms in total. The number of aromatic amines is 1. The van der Waals surface area contributed by atoms with Crippen LogP contribution in [0.1, 0.15) is 21.6 Å². The minimum absolute atomic E-state index is 0.0825. The quantitative estimate of drug-likeness (QED) is 0.816. The highest BCUT2D eigenvalue weighted by molar-refractivity contribution is 5.93. The summed E-state index contributed by atoms with van der Waals surface area (Å²) in [4.78, 5) is 11.0. The monoisotopic (exact) mass is 255 g/mol. The van der Waals surface area contributed by atoms with Gasteiger partial charge in [-0.3, -0.25) is 9.89 Å². The molecule has 94 valence electrons. The van der Waals surface area contributed by atoms with Crippen molar-refractivity contribution in [3.05, 3.63) is 52.6 Å². The Morgan fingerprint density at radius 2 is 1.89 bits per heavy atom. The molecule has 0 unspecified atom stereocenters. The molecule has 0 bridgehead atoms. The first-order valence-corrected chi connectivity index (χ1v) is 4.94. The van der Waals surface area contributed by atoms with Crippen molar-refractivity contribution in [2.75, 3.05) is 0 Å². The molecule has 1 amide bonds. The molecule has 0 radical (unpaired) electrons. The minimum atomic E-state index is -1.27. The summed E-state index contributed by atoms with van der Waals surface area (Å²) >= 11 is 0. The second-order valence-electron chi connectivity index (χ2n) is 3.66. The molecule has 0 saturated heterocycles. The SMILES string of the molecule is NC(=O)c1cn[nH]c1Cc1cc(F)c(F)cc1F. The third kappa shape index (κ3) is 2.20. The molecule has 2 rings (SSSR count). The highest BCUT2D eigenvalue weighted by Gasteiger charge is 2.15. The maximum Gasteiger partial charge on any atom is 0.252 e. The fourth-order valence-corrected chi connectivity index (χ4v) is 1.55. The lowest BCUT2D eigenvalue weighted by Gasteiger charge is -2.04. The highest BCUT2D eigenvalue weighted by Crippen LogP contribution is 2.18. The minimum Gasteiger partial charge on any atom is -0.365 e. The Hall–Kier alpha value is -2.31. The van der Waals surface area contributed by atoms with Gasteiger partial charge in [-0.05, 0) is 11.6 Å². The number of halogens is 3. The predicted octanol–water partition coefficient (Wildman–Crippen LogP) is 1.52. The predicted molar refractivity (Wildman–Crippen MR) is 56.2 cm³/mol. The lowest BCUT2D eigenvalue weighted by Crippen LogP contribution is -2.13. The van der Waals surface area contributed by atoms with Gasteiger partial charge in [-0.15, -0.1) is 0 Å². The number of aromatic nitrogens is 2. The number of amides is 1. The van der Waals surface area contributed by atoms with Crippen LogP contribution in [0.2, 0.25) is 0 Å². The third-order valence-electron chi connectivity index (χ3n) is 2.44. The van der Waals surface area contributed by atoms with Gasteiger partial charge in [0.05, 0.1) is 17.5 Å². The van der Waals surface area contributed by atoms with E-state index in [4.69, 9.17) is 5.73 Å². The smallest absolute Gasteiger partial charge is 0.252 e. The standard InChI is InChI=1S/C11H8F3N3O/c12-7-3-9(14)8(13)1-5(7)2-10-6(11(15)18)4-16-17-10/h1,3-4H,2H2,(H2,15,18)(H,16,17). The zero-order chi connectivity index (χ0) is 13.3. The van der Waals surface area contributed by atoms with Crippen LogP contribution in [0.4, 0.5) is 13.2 Å². The molecular weight excluding hydrogens is 247 g/mol. The number of primary amides is 1. The van der Waals surface area contributed by atoms with Crippen molar-refractivity contribution < 1.29 is 18.0 Å². The Balaban J connectivity index is 2.37. The number of nitrogens with zero attached hydrogens (tertiary/aromatic N) is 1. The molecule has 0 fully saturated rings. The molecule has 1 heterocycles. The van der Waals surface area contributed by atoms with Crippen LogP contribution in [0, 0.1) is 17.5 Å². The van der Waals surface area contributed by atoms with E-state index < -0.39 is 23.4 Å². The van der Waals surface area contributed by atoms with Gasteiger partial charge < -0.3 is 5.73 Å². The molecule has 0 aliphatic heterocycles. The van der Waals surface area contributed by atoms with Gasteiger partial charge in [0.2, 0.25) is 0 Å². The first-order chi connectivity index (χ1) is 8.49. The Morgan fingerprint density at radius 3 is 2.56 bits per heavy atom. The van der Waals surface area contributed by atoms with Crippen molar-refractivity contribution in [1.82, 2.24) is 10.2 Å². The summed E-state index contributed by atoms with van der Waals surface area (Å²) < 4.78 is 39.1. The second kappa shape index (κ2) is 4.52. The van der Waals surface area contributed by atoms with Crippen LogP contribution in [0.3, 0.4) is 0 Å². The number of nitrogens with two attached hydrogens (primary N) is 1. The van der Waals surface area contributed by atoms with Crippen molar-refractivity contribution in [2.45, 2.75) is 6.42 Å². The molecular formula is C11H8F3N3O. The number of hydrogen-bond acceptors (Lipinski definition) is 2. The molecule has 1 aromatic heterocycles. The van der Waals surface area contributed by atoms with Gasteiger partial charge in [0, 0.05) is 12.5 Å². The van der Waals surface area contributed by atoms with Crippen LogP contribution < -0.4 is 5.73 Å². The normalized spacial score (nSPS) is 10.6. The van der Waals surface area contributed by atoms with Gasteiger partial charge in [-0.25, -0.2) is 13.2 Å². The molecule has 0 saturated carbocycles. The molecule has 0 aliphatic rings. The number of carbonyl (C=O) groups is 1. The number of H-pyrrole nitrogens is 1. The van der Waals surface area contributed by atoms with Gasteiger partial charge in [-0.1, -0.05) is 0 Å². The molecule has 1 aromatic carbocycles. The summed E-state index contributed by atoms with van der Waals surface area (Å²) in [6.07, 6.45) is 1.05. The lowest BCUT2D eigenvalue weighted by atomic mass is 10.1. The van der Waals surface area contributed by atoms with E-state index in [-0.39, 0.29) is 23.2 Å². The third-order valence-corrected chi connectivity index (χ3v) is 2.44. The Kier molecular flexibility index (Phi) is 3.05. The fourth-order valence-electron chi connectivity index (χ4n) is 1.55. The first-order valence-electron chi connectivity index (χ1n) is 4.94. The average Bonchev–Trinajstić information content (AvgIpc) is 2.74. The molecule has 7 heteroatoms. The number of nitrogens with one attached hydrogen (secondary N) is 1. The van der Waals surface area contributed by atoms with E-state index in [0.29, 0.717) is 6.07 Å². The van der Waals surface area contributed by atoms with Crippen LogP contribution in [0.25, 0.3) is 0 Å². The zero-order valence-corrected chi connectivity index (χ0v) is 9.01. The maximum absolute atomic E-state index is 13.4. The van der Waals surface area contributed by atoms with E-state index in [2.05, 4.69) is 10.2 Å². The van der Waals surface area contributed by atoms with Gasteiger partial charge >= 0.3 is 0 Å². The fraction of sp³-hybridized carbons (Fsp3) is 0.0909. The molecule has 3 N–H and O–H groups in total. The van der Waals surface area contributed by atoms with Crippen LogP contribution in [-0.2, 0) is 6.42 Å². The van der Waals surface area contributed by atoms with Crippen LogP contribution >= 0.6 is 0 Å². The molecule has 0 aliphatic carbocycles. The second-order valence-corrected chi connectivity index (χ2v) is 3.66. The first kappa shape index (κ1) is 12.2. The number of hydrogen-bond donors (Lipinski definition) is 2. The maximum atomic E-state index is 13.4. The summed E-state index contributed by atoms with van der Waals surface area (Å²) in [6, 6.07) is 1.18. The van der Waals surface area contributed by atoms with E-state index in [9.17, 15) is 18.0 Å². The van der Waals surface area contributed by atoms with E-state index in [1.165, 1.54) is 6.20 Å². The van der Waals surface area contributed by atoms with E-state index >= 15 is 0 Å². The summed E-state index contributed by atoms with van der Waals surface area (Å²) in [7, 11) is 0. The topological polar surface area (TPSA) is 71.8 Å². The Bertz CT molecular complexity index is 610. The van der Waals surface area contributed by atoms with E-state index in [1.807, 2.05) is 0 Å². The van der Waals surface area contributed by atoms with Crippen LogP contribution in [-0.4, -0.2) is 16.1 Å². The van der Waals surface area contributed by atoms with Crippen molar-refractivity contribution in [3.8, 4) is 0 Å². The van der Waals surface area contributed by atoms with Gasteiger partial charge in [0.25, 0.3) is 5.91 Å². The van der Waals surface area contributed by atoms with Crippen molar-refractivity contribution in [1.29, 1.82) is 0 Å². The van der Waals surface area contributed by atoms with Gasteiger partial charge in [-0.2, -0.15) is 5.10 Å². The van der Waals surface area contributed by atoms with Crippen LogP contribution in [0.5, 0.6) is 0 Å². The van der Waals surface area contributed by atoms with Crippen molar-refractivity contribution >= 4 is 5.91 Å². The van der Waals surface area contributed by atoms with Gasteiger partial charge in [0.1, 0.15) is 5.82 Å². The molecule has 0 spiro atoms. The summed E-state index contributed by atoms with van der Waals surface area (Å²) in [6.45, 7) is 0. The molecule has 18 heavy (non-hydrogen) atoms. The van der Waals surface area contributed by atoms with Crippen molar-refractivity contribution in [2.24, 2.45) is 5.73 Å². The van der Waals surface area contributed by atoms with Gasteiger partial charge in [0.15, 0.2) is 11.6 Å². The number of rotatable bonds is 3. The van der Waals surface area contributed by atoms with Crippen molar-refractivity contribution in [3.63, 3.8) is 0 Å². The van der Waals surface area contributed by atoms with E-state index in [0.717, 1.165) is 6.07 Å². The number of carbonyl (C=O) groups excluding carboxylic acids is 1. The summed E-state index contributed by atoms with van der Waals surface area (Å²) in [5.74, 6) is -4.07. The van der Waals surface area contributed by atoms with Crippen LogP contribution in [0.15, 0.2) is 18.3 Å². The largest absolute Gasteiger partial charge is 0.365 e. The number of benzene rings is 1. The Labute approximate surface area is 99.6 Å².